The molecular weight excluding hydrogens is 242 g/mol. The molecule has 0 radical (unpaired) electrons. The van der Waals surface area contributed by atoms with Crippen LogP contribution < -0.4 is 0 Å². The second-order valence-electron chi connectivity index (χ2n) is 7.01. The lowest BCUT2D eigenvalue weighted by Gasteiger charge is -2.36. The number of nitrogens with zero attached hydrogens (tertiary/aromatic N) is 1. The Labute approximate surface area is 114 Å². The number of morpholine rings is 1. The predicted molar refractivity (Wildman–Crippen MR) is 69.3 cm³/mol. The van der Waals surface area contributed by atoms with Crippen molar-refractivity contribution in [1.82, 2.24) is 4.90 Å². The van der Waals surface area contributed by atoms with E-state index in [0.717, 1.165) is 11.8 Å². The Morgan fingerprint density at radius 3 is 2.58 bits per heavy atom. The van der Waals surface area contributed by atoms with Gasteiger partial charge in [-0.05, 0) is 49.9 Å². The van der Waals surface area contributed by atoms with Gasteiger partial charge < -0.3 is 14.7 Å². The fraction of sp³-hybridized carbons (Fsp3) is 0.933. The van der Waals surface area contributed by atoms with Gasteiger partial charge in [-0.15, -0.1) is 0 Å². The fourth-order valence-corrected chi connectivity index (χ4v) is 5.19. The quantitative estimate of drug-likeness (QED) is 0.806. The minimum atomic E-state index is -0.192. The Morgan fingerprint density at radius 2 is 1.95 bits per heavy atom. The monoisotopic (exact) mass is 265 g/mol. The van der Waals surface area contributed by atoms with Gasteiger partial charge in [-0.25, -0.2) is 0 Å². The molecule has 3 aliphatic carbocycles. The molecule has 1 heterocycles. The lowest BCUT2D eigenvalue weighted by atomic mass is 10.0. The molecule has 19 heavy (non-hydrogen) atoms. The van der Waals surface area contributed by atoms with E-state index in [0.29, 0.717) is 36.8 Å². The second-order valence-corrected chi connectivity index (χ2v) is 7.01. The van der Waals surface area contributed by atoms with E-state index in [-0.39, 0.29) is 18.8 Å². The van der Waals surface area contributed by atoms with Gasteiger partial charge in [0, 0.05) is 19.0 Å². The third kappa shape index (κ3) is 1.76. The minimum absolute atomic E-state index is 0.0108. The van der Waals surface area contributed by atoms with Gasteiger partial charge in [-0.1, -0.05) is 0 Å². The topological polar surface area (TPSA) is 49.8 Å². The molecule has 4 aliphatic rings. The van der Waals surface area contributed by atoms with Gasteiger partial charge in [0.1, 0.15) is 0 Å². The van der Waals surface area contributed by atoms with Crippen LogP contribution in [0.5, 0.6) is 0 Å². The van der Waals surface area contributed by atoms with Crippen LogP contribution in [0.4, 0.5) is 0 Å². The van der Waals surface area contributed by atoms with Crippen LogP contribution in [0, 0.1) is 29.6 Å². The van der Waals surface area contributed by atoms with Gasteiger partial charge in [0.15, 0.2) is 0 Å². The number of carbonyl (C=O) groups excluding carboxylic acids is 1. The van der Waals surface area contributed by atoms with E-state index in [2.05, 4.69) is 0 Å². The summed E-state index contributed by atoms with van der Waals surface area (Å²) >= 11 is 0. The molecule has 3 saturated carbocycles. The summed E-state index contributed by atoms with van der Waals surface area (Å²) in [7, 11) is 0. The molecule has 0 aromatic carbocycles. The zero-order valence-electron chi connectivity index (χ0n) is 11.5. The van der Waals surface area contributed by atoms with Crippen molar-refractivity contribution in [2.24, 2.45) is 29.6 Å². The first-order valence-corrected chi connectivity index (χ1v) is 7.74. The van der Waals surface area contributed by atoms with Gasteiger partial charge in [0.05, 0.1) is 18.8 Å². The normalized spacial score (nSPS) is 51.3. The molecule has 6 atom stereocenters. The molecule has 0 aromatic heterocycles. The van der Waals surface area contributed by atoms with Crippen molar-refractivity contribution >= 4 is 5.91 Å². The van der Waals surface area contributed by atoms with Crippen LogP contribution in [0.1, 0.15) is 26.2 Å². The summed E-state index contributed by atoms with van der Waals surface area (Å²) in [5.74, 6) is 3.76. The van der Waals surface area contributed by atoms with Crippen molar-refractivity contribution in [3.05, 3.63) is 0 Å². The van der Waals surface area contributed by atoms with Crippen LogP contribution in [0.25, 0.3) is 0 Å². The lowest BCUT2D eigenvalue weighted by molar-refractivity contribution is -0.149. The molecule has 106 valence electrons. The molecule has 1 N–H and O–H groups in total. The van der Waals surface area contributed by atoms with Crippen molar-refractivity contribution in [3.8, 4) is 0 Å². The smallest absolute Gasteiger partial charge is 0.226 e. The van der Waals surface area contributed by atoms with E-state index in [1.54, 1.807) is 0 Å². The molecule has 4 fully saturated rings. The van der Waals surface area contributed by atoms with Gasteiger partial charge in [0.25, 0.3) is 0 Å². The average molecular weight is 265 g/mol. The molecule has 6 unspecified atom stereocenters. The number of ether oxygens (including phenoxy) is 1. The van der Waals surface area contributed by atoms with E-state index in [1.165, 1.54) is 19.3 Å². The summed E-state index contributed by atoms with van der Waals surface area (Å²) in [6, 6.07) is 0. The third-order valence-corrected chi connectivity index (χ3v) is 5.86. The maximum Gasteiger partial charge on any atom is 0.226 e. The highest BCUT2D eigenvalue weighted by atomic mass is 16.5. The number of amides is 1. The molecule has 0 spiro atoms. The molecule has 1 amide bonds. The summed E-state index contributed by atoms with van der Waals surface area (Å²) in [5, 5.41) is 9.26. The number of hydrogen-bond donors (Lipinski definition) is 1. The first-order chi connectivity index (χ1) is 9.19. The highest BCUT2D eigenvalue weighted by Gasteiger charge is 2.68. The van der Waals surface area contributed by atoms with Crippen LogP contribution in [0.3, 0.4) is 0 Å². The van der Waals surface area contributed by atoms with Crippen LogP contribution in [0.2, 0.25) is 0 Å². The summed E-state index contributed by atoms with van der Waals surface area (Å²) < 4.78 is 5.62. The highest BCUT2D eigenvalue weighted by molar-refractivity contribution is 5.83. The number of rotatable bonds is 2. The van der Waals surface area contributed by atoms with Crippen LogP contribution in [0.15, 0.2) is 0 Å². The largest absolute Gasteiger partial charge is 0.394 e. The van der Waals surface area contributed by atoms with Crippen molar-refractivity contribution in [3.63, 3.8) is 0 Å². The molecule has 1 aliphatic heterocycles. The summed E-state index contributed by atoms with van der Waals surface area (Å²) in [6.07, 6.45) is 3.95. The maximum absolute atomic E-state index is 12.7. The first kappa shape index (κ1) is 12.2. The Morgan fingerprint density at radius 1 is 1.26 bits per heavy atom. The van der Waals surface area contributed by atoms with E-state index in [4.69, 9.17) is 4.74 Å². The summed E-state index contributed by atoms with van der Waals surface area (Å²) in [4.78, 5) is 14.6. The number of carbonyl (C=O) groups is 1. The average Bonchev–Trinajstić information content (AvgIpc) is 2.84. The molecular formula is C15H23NO3. The Bertz CT molecular complexity index is 383. The van der Waals surface area contributed by atoms with Gasteiger partial charge >= 0.3 is 0 Å². The van der Waals surface area contributed by atoms with E-state index >= 15 is 0 Å². The standard InChI is InChI=1S/C15H23NO3/c1-8-5-16(6-11(7-17)19-8)15(18)14-12-9-2-3-10(4-9)13(12)14/h8-14,17H,2-7H2,1H3. The number of aliphatic hydroxyl groups excluding tert-OH is 1. The molecule has 4 nitrogen and oxygen atoms in total. The highest BCUT2D eigenvalue weighted by Crippen LogP contribution is 2.69. The summed E-state index contributed by atoms with van der Waals surface area (Å²) in [6.45, 7) is 3.27. The van der Waals surface area contributed by atoms with Crippen molar-refractivity contribution in [1.29, 1.82) is 0 Å². The van der Waals surface area contributed by atoms with E-state index in [9.17, 15) is 9.90 Å². The number of fused-ring (bicyclic) bond motifs is 5. The van der Waals surface area contributed by atoms with Crippen LogP contribution >= 0.6 is 0 Å². The zero-order valence-corrected chi connectivity index (χ0v) is 11.5. The molecule has 2 bridgehead atoms. The second kappa shape index (κ2) is 4.19. The number of hydrogen-bond acceptors (Lipinski definition) is 3. The molecule has 0 aromatic rings. The molecule has 4 rings (SSSR count). The minimum Gasteiger partial charge on any atom is -0.394 e. The van der Waals surface area contributed by atoms with Gasteiger partial charge in [0.2, 0.25) is 5.91 Å². The van der Waals surface area contributed by atoms with Crippen LogP contribution in [-0.2, 0) is 9.53 Å². The molecule has 4 heteroatoms. The van der Waals surface area contributed by atoms with E-state index in [1.807, 2.05) is 11.8 Å². The zero-order chi connectivity index (χ0) is 13.1. The first-order valence-electron chi connectivity index (χ1n) is 7.74. The van der Waals surface area contributed by atoms with Crippen molar-refractivity contribution in [2.45, 2.75) is 38.4 Å². The summed E-state index contributed by atoms with van der Waals surface area (Å²) in [5.41, 5.74) is 0. The Hall–Kier alpha value is -0.610. The third-order valence-electron chi connectivity index (χ3n) is 5.86. The molecule has 1 saturated heterocycles. The number of aliphatic hydroxyl groups is 1. The Kier molecular flexibility index (Phi) is 2.68. The van der Waals surface area contributed by atoms with Gasteiger partial charge in [-0.3, -0.25) is 4.79 Å². The van der Waals surface area contributed by atoms with E-state index < -0.39 is 0 Å². The van der Waals surface area contributed by atoms with Gasteiger partial charge in [-0.2, -0.15) is 0 Å². The van der Waals surface area contributed by atoms with Crippen molar-refractivity contribution in [2.75, 3.05) is 19.7 Å². The SMILES string of the molecule is CC1CN(C(=O)C2C3C4CCC(C4)C23)CC(CO)O1. The lowest BCUT2D eigenvalue weighted by Crippen LogP contribution is -2.51. The predicted octanol–water partition coefficient (Wildman–Crippen LogP) is 0.887. The van der Waals surface area contributed by atoms with Crippen molar-refractivity contribution < 1.29 is 14.6 Å². The van der Waals surface area contributed by atoms with Crippen LogP contribution in [-0.4, -0.2) is 47.8 Å². The Balaban J connectivity index is 1.44. The maximum atomic E-state index is 12.7. The fourth-order valence-electron chi connectivity index (χ4n) is 5.19.